The number of hydrazine groups is 1. The van der Waals surface area contributed by atoms with E-state index in [0.717, 1.165) is 16.9 Å². The molecule has 0 aliphatic carbocycles. The number of allylic oxidation sites excluding steroid dienone is 1. The van der Waals surface area contributed by atoms with Crippen LogP contribution in [0.25, 0.3) is 6.08 Å². The average molecular weight is 395 g/mol. The van der Waals surface area contributed by atoms with Crippen LogP contribution in [0.2, 0.25) is 0 Å². The number of nitro groups is 1. The summed E-state index contributed by atoms with van der Waals surface area (Å²) in [7, 11) is 1.60. The second-order valence-electron chi connectivity index (χ2n) is 6.34. The summed E-state index contributed by atoms with van der Waals surface area (Å²) < 4.78 is 5.26. The van der Waals surface area contributed by atoms with Crippen LogP contribution in [0.4, 0.5) is 5.69 Å². The maximum Gasteiger partial charge on any atom is 0.269 e. The summed E-state index contributed by atoms with van der Waals surface area (Å²) in [6.07, 6.45) is 5.44. The highest BCUT2D eigenvalue weighted by Crippen LogP contribution is 2.25. The van der Waals surface area contributed by atoms with Gasteiger partial charge in [0, 0.05) is 30.0 Å². The molecule has 150 valence electrons. The number of benzene rings is 2. The van der Waals surface area contributed by atoms with E-state index in [-0.39, 0.29) is 17.6 Å². The Morgan fingerprint density at radius 1 is 1.28 bits per heavy atom. The lowest BCUT2D eigenvalue weighted by molar-refractivity contribution is -0.384. The van der Waals surface area contributed by atoms with Gasteiger partial charge in [-0.1, -0.05) is 30.3 Å². The zero-order valence-corrected chi connectivity index (χ0v) is 15.7. The van der Waals surface area contributed by atoms with E-state index in [9.17, 15) is 14.9 Å². The van der Waals surface area contributed by atoms with E-state index in [1.54, 1.807) is 25.3 Å². The fourth-order valence-corrected chi connectivity index (χ4v) is 2.97. The number of amides is 1. The summed E-state index contributed by atoms with van der Waals surface area (Å²) in [5.41, 5.74) is 10.0. The van der Waals surface area contributed by atoms with Crippen molar-refractivity contribution in [2.75, 3.05) is 7.11 Å². The van der Waals surface area contributed by atoms with E-state index in [4.69, 9.17) is 4.74 Å². The van der Waals surface area contributed by atoms with Crippen molar-refractivity contribution in [2.24, 2.45) is 5.10 Å². The Hall–Kier alpha value is -3.56. The normalized spacial score (nSPS) is 18.9. The molecule has 1 aliphatic heterocycles. The highest BCUT2D eigenvalue weighted by molar-refractivity contribution is 5.84. The van der Waals surface area contributed by atoms with Gasteiger partial charge in [0.15, 0.2) is 0 Å². The topological polar surface area (TPSA) is 118 Å². The molecule has 1 amide bonds. The van der Waals surface area contributed by atoms with Crippen molar-refractivity contribution in [1.29, 1.82) is 0 Å². The Balaban J connectivity index is 1.52. The number of non-ortho nitro benzene ring substituents is 1. The number of para-hydroxylation sites is 1. The molecule has 2 unspecified atom stereocenters. The molecule has 1 fully saturated rings. The lowest BCUT2D eigenvalue weighted by Gasteiger charge is -2.09. The summed E-state index contributed by atoms with van der Waals surface area (Å²) in [6, 6.07) is 13.2. The first kappa shape index (κ1) is 20.2. The molecule has 0 aromatic heterocycles. The third-order valence-electron chi connectivity index (χ3n) is 4.45. The van der Waals surface area contributed by atoms with Crippen LogP contribution in [0.3, 0.4) is 0 Å². The second-order valence-corrected chi connectivity index (χ2v) is 6.34. The Labute approximate surface area is 167 Å². The van der Waals surface area contributed by atoms with Crippen molar-refractivity contribution in [3.63, 3.8) is 0 Å². The van der Waals surface area contributed by atoms with Crippen LogP contribution in [-0.4, -0.2) is 30.2 Å². The van der Waals surface area contributed by atoms with E-state index < -0.39 is 11.0 Å². The van der Waals surface area contributed by atoms with Gasteiger partial charge in [-0.3, -0.25) is 14.9 Å². The Kier molecular flexibility index (Phi) is 6.67. The largest absolute Gasteiger partial charge is 0.496 e. The molecule has 3 rings (SSSR count). The van der Waals surface area contributed by atoms with Gasteiger partial charge in [0.05, 0.1) is 12.0 Å². The van der Waals surface area contributed by atoms with Gasteiger partial charge in [-0.05, 0) is 30.2 Å². The third kappa shape index (κ3) is 5.24. The predicted molar refractivity (Wildman–Crippen MR) is 109 cm³/mol. The van der Waals surface area contributed by atoms with Gasteiger partial charge in [0.2, 0.25) is 0 Å². The summed E-state index contributed by atoms with van der Waals surface area (Å²) in [6.45, 7) is 0. The predicted octanol–water partition coefficient (Wildman–Crippen LogP) is 2.33. The molecule has 9 nitrogen and oxygen atoms in total. The number of nitrogens with zero attached hydrogens (tertiary/aromatic N) is 2. The number of rotatable bonds is 7. The SMILES string of the molecule is COc1ccccc1/C=C/C=N/NC(=O)C1CC(c2cccc([N+](=O)[O-])c2)NN1. The van der Waals surface area contributed by atoms with Crippen LogP contribution in [0.15, 0.2) is 59.7 Å². The molecule has 0 bridgehead atoms. The molecule has 2 aromatic carbocycles. The van der Waals surface area contributed by atoms with E-state index in [2.05, 4.69) is 21.4 Å². The van der Waals surface area contributed by atoms with Crippen LogP contribution in [0, 0.1) is 10.1 Å². The number of hydrazone groups is 1. The maximum atomic E-state index is 12.3. The molecule has 1 saturated heterocycles. The summed E-state index contributed by atoms with van der Waals surface area (Å²) in [5.74, 6) is 0.446. The van der Waals surface area contributed by atoms with E-state index in [1.165, 1.54) is 18.3 Å². The minimum atomic E-state index is -0.505. The Morgan fingerprint density at radius 3 is 2.90 bits per heavy atom. The standard InChI is InChI=1S/C20H21N5O4/c1-29-19-10-3-2-6-14(19)8-5-11-21-24-20(26)18-13-17(22-23-18)15-7-4-9-16(12-15)25(27)28/h2-12,17-18,22-23H,13H2,1H3,(H,24,26)/b8-5+,21-11+. The molecule has 3 N–H and O–H groups in total. The first-order chi connectivity index (χ1) is 14.1. The van der Waals surface area contributed by atoms with Crippen molar-refractivity contribution >= 4 is 23.9 Å². The van der Waals surface area contributed by atoms with E-state index >= 15 is 0 Å². The van der Waals surface area contributed by atoms with Gasteiger partial charge in [0.1, 0.15) is 11.8 Å². The molecule has 2 aromatic rings. The Bertz CT molecular complexity index is 944. The highest BCUT2D eigenvalue weighted by Gasteiger charge is 2.30. The minimum absolute atomic E-state index is 0.0173. The lowest BCUT2D eigenvalue weighted by atomic mass is 10.0. The molecule has 1 heterocycles. The molecule has 9 heteroatoms. The maximum absolute atomic E-state index is 12.3. The van der Waals surface area contributed by atoms with Gasteiger partial charge in [-0.2, -0.15) is 5.10 Å². The number of hydrogen-bond acceptors (Lipinski definition) is 7. The van der Waals surface area contributed by atoms with E-state index in [1.807, 2.05) is 30.3 Å². The minimum Gasteiger partial charge on any atom is -0.496 e. The van der Waals surface area contributed by atoms with Crippen molar-refractivity contribution < 1.29 is 14.5 Å². The molecular formula is C20H21N5O4. The van der Waals surface area contributed by atoms with Gasteiger partial charge in [-0.15, -0.1) is 0 Å². The zero-order chi connectivity index (χ0) is 20.6. The van der Waals surface area contributed by atoms with Crippen LogP contribution in [-0.2, 0) is 4.79 Å². The number of hydrogen-bond donors (Lipinski definition) is 3. The van der Waals surface area contributed by atoms with Crippen molar-refractivity contribution in [1.82, 2.24) is 16.3 Å². The molecule has 0 spiro atoms. The average Bonchev–Trinajstić information content (AvgIpc) is 3.24. The summed E-state index contributed by atoms with van der Waals surface area (Å²) in [4.78, 5) is 22.7. The third-order valence-corrected chi connectivity index (χ3v) is 4.45. The number of nitrogens with one attached hydrogen (secondary N) is 3. The van der Waals surface area contributed by atoms with Crippen LogP contribution in [0.5, 0.6) is 5.75 Å². The summed E-state index contributed by atoms with van der Waals surface area (Å²) >= 11 is 0. The first-order valence-electron chi connectivity index (χ1n) is 8.96. The van der Waals surface area contributed by atoms with Gasteiger partial charge in [-0.25, -0.2) is 16.3 Å². The van der Waals surface area contributed by atoms with Crippen molar-refractivity contribution in [3.8, 4) is 5.75 Å². The lowest BCUT2D eigenvalue weighted by Crippen LogP contribution is -2.41. The van der Waals surface area contributed by atoms with Crippen molar-refractivity contribution in [3.05, 3.63) is 75.8 Å². The zero-order valence-electron chi connectivity index (χ0n) is 15.7. The molecule has 1 aliphatic rings. The van der Waals surface area contributed by atoms with Crippen LogP contribution >= 0.6 is 0 Å². The fourth-order valence-electron chi connectivity index (χ4n) is 2.97. The van der Waals surface area contributed by atoms with Crippen molar-refractivity contribution in [2.45, 2.75) is 18.5 Å². The second kappa shape index (κ2) is 9.58. The Morgan fingerprint density at radius 2 is 2.10 bits per heavy atom. The monoisotopic (exact) mass is 395 g/mol. The van der Waals surface area contributed by atoms with Crippen LogP contribution < -0.4 is 21.0 Å². The first-order valence-corrected chi connectivity index (χ1v) is 8.96. The molecule has 0 radical (unpaired) electrons. The number of methoxy groups -OCH3 is 1. The number of nitro benzene ring substituents is 1. The fraction of sp³-hybridized carbons (Fsp3) is 0.200. The molecule has 2 atom stereocenters. The van der Waals surface area contributed by atoms with Crippen LogP contribution in [0.1, 0.15) is 23.6 Å². The summed E-state index contributed by atoms with van der Waals surface area (Å²) in [5, 5.41) is 14.8. The molecule has 29 heavy (non-hydrogen) atoms. The van der Waals surface area contributed by atoms with Gasteiger partial charge >= 0.3 is 0 Å². The molecular weight excluding hydrogens is 374 g/mol. The van der Waals surface area contributed by atoms with E-state index in [0.29, 0.717) is 6.42 Å². The smallest absolute Gasteiger partial charge is 0.269 e. The molecule has 0 saturated carbocycles. The van der Waals surface area contributed by atoms with Gasteiger partial charge < -0.3 is 4.74 Å². The quantitative estimate of drug-likeness (QED) is 0.376. The van der Waals surface area contributed by atoms with Gasteiger partial charge in [0.25, 0.3) is 11.6 Å². The number of ether oxygens (including phenoxy) is 1. The highest BCUT2D eigenvalue weighted by atomic mass is 16.6. The number of carbonyl (C=O) groups is 1. The number of carbonyl (C=O) groups excluding carboxylic acids is 1.